The van der Waals surface area contributed by atoms with Gasteiger partial charge < -0.3 is 16.0 Å². The van der Waals surface area contributed by atoms with E-state index < -0.39 is 0 Å². The van der Waals surface area contributed by atoms with Gasteiger partial charge in [0.25, 0.3) is 0 Å². The predicted molar refractivity (Wildman–Crippen MR) is 76.7 cm³/mol. The molecule has 0 amide bonds. The maximum absolute atomic E-state index is 5.88. The Morgan fingerprint density at radius 1 is 1.56 bits per heavy atom. The molecule has 1 aromatic rings. The molecule has 0 spiro atoms. The topological polar surface area (TPSA) is 54.2 Å². The van der Waals surface area contributed by atoms with Gasteiger partial charge in [0.05, 0.1) is 0 Å². The molecule has 4 nitrogen and oxygen atoms in total. The number of pyridine rings is 1. The highest BCUT2D eigenvalue weighted by Gasteiger charge is 2.23. The molecule has 0 radical (unpaired) electrons. The fourth-order valence-corrected chi connectivity index (χ4v) is 2.38. The normalized spacial score (nSPS) is 20.6. The van der Waals surface area contributed by atoms with E-state index in [1.165, 1.54) is 19.5 Å². The Balaban J connectivity index is 1.83. The Kier molecular flexibility index (Phi) is 4.07. The second-order valence-electron chi connectivity index (χ2n) is 5.55. The van der Waals surface area contributed by atoms with Gasteiger partial charge in [-0.25, -0.2) is 4.98 Å². The van der Waals surface area contributed by atoms with E-state index in [0.29, 0.717) is 6.04 Å². The molecule has 1 aliphatic rings. The van der Waals surface area contributed by atoms with Crippen LogP contribution in [0.5, 0.6) is 0 Å². The summed E-state index contributed by atoms with van der Waals surface area (Å²) in [6, 6.07) is 2.58. The summed E-state index contributed by atoms with van der Waals surface area (Å²) in [5.41, 5.74) is 7.72. The van der Waals surface area contributed by atoms with Crippen molar-refractivity contribution >= 4 is 11.5 Å². The predicted octanol–water partition coefficient (Wildman–Crippen LogP) is 2.11. The average molecular weight is 248 g/mol. The van der Waals surface area contributed by atoms with Crippen LogP contribution in [0.2, 0.25) is 0 Å². The number of nitrogens with zero attached hydrogens (tertiary/aromatic N) is 2. The molecule has 2 heterocycles. The summed E-state index contributed by atoms with van der Waals surface area (Å²) in [7, 11) is 0. The number of hydrogen-bond donors (Lipinski definition) is 2. The summed E-state index contributed by atoms with van der Waals surface area (Å²) >= 11 is 0. The molecule has 4 heteroatoms. The first-order valence-corrected chi connectivity index (χ1v) is 6.76. The van der Waals surface area contributed by atoms with E-state index >= 15 is 0 Å². The zero-order valence-corrected chi connectivity index (χ0v) is 11.6. The molecule has 0 aromatic carbocycles. The van der Waals surface area contributed by atoms with E-state index in [2.05, 4.69) is 29.0 Å². The van der Waals surface area contributed by atoms with Crippen LogP contribution >= 0.6 is 0 Å². The maximum atomic E-state index is 5.88. The van der Waals surface area contributed by atoms with Crippen LogP contribution in [0.25, 0.3) is 0 Å². The maximum Gasteiger partial charge on any atom is 0.127 e. The Labute approximate surface area is 110 Å². The van der Waals surface area contributed by atoms with Crippen molar-refractivity contribution in [3.8, 4) is 0 Å². The largest absolute Gasteiger partial charge is 0.398 e. The van der Waals surface area contributed by atoms with Crippen LogP contribution in [0.15, 0.2) is 12.3 Å². The molecule has 0 aliphatic carbocycles. The van der Waals surface area contributed by atoms with Gasteiger partial charge in [0.15, 0.2) is 0 Å². The van der Waals surface area contributed by atoms with Gasteiger partial charge in [0.1, 0.15) is 5.82 Å². The number of nitrogens with one attached hydrogen (secondary N) is 1. The molecule has 0 bridgehead atoms. The van der Waals surface area contributed by atoms with Crippen molar-refractivity contribution in [1.29, 1.82) is 0 Å². The van der Waals surface area contributed by atoms with Crippen molar-refractivity contribution < 1.29 is 0 Å². The van der Waals surface area contributed by atoms with Gasteiger partial charge in [0.2, 0.25) is 0 Å². The van der Waals surface area contributed by atoms with Crippen LogP contribution in [0.1, 0.15) is 25.8 Å². The third-order valence-electron chi connectivity index (χ3n) is 3.76. The number of hydrogen-bond acceptors (Lipinski definition) is 4. The van der Waals surface area contributed by atoms with E-state index in [0.717, 1.165) is 29.5 Å². The number of nitrogens with two attached hydrogens (primary N) is 1. The first kappa shape index (κ1) is 13.1. The van der Waals surface area contributed by atoms with Gasteiger partial charge in [-0.05, 0) is 45.2 Å². The third-order valence-corrected chi connectivity index (χ3v) is 3.76. The lowest BCUT2D eigenvalue weighted by atomic mass is 10.1. The van der Waals surface area contributed by atoms with Gasteiger partial charge in [0, 0.05) is 37.1 Å². The summed E-state index contributed by atoms with van der Waals surface area (Å²) in [6.07, 6.45) is 3.10. The van der Waals surface area contributed by atoms with Crippen LogP contribution in [-0.2, 0) is 0 Å². The van der Waals surface area contributed by atoms with Crippen molar-refractivity contribution in [3.05, 3.63) is 17.8 Å². The SMILES string of the molecule is Cc1cnc(NCC2CCN(C(C)C)C2)cc1N. The molecular weight excluding hydrogens is 224 g/mol. The Bertz CT molecular complexity index is 403. The van der Waals surface area contributed by atoms with Crippen LogP contribution in [0.3, 0.4) is 0 Å². The lowest BCUT2D eigenvalue weighted by Gasteiger charge is -2.20. The summed E-state index contributed by atoms with van der Waals surface area (Å²) in [4.78, 5) is 6.88. The Morgan fingerprint density at radius 2 is 2.33 bits per heavy atom. The standard InChI is InChI=1S/C14H24N4/c1-10(2)18-5-4-12(9-18)8-17-14-6-13(15)11(3)7-16-14/h6-7,10,12H,4-5,8-9H2,1-3H3,(H3,15,16,17). The van der Waals surface area contributed by atoms with Gasteiger partial charge in [-0.3, -0.25) is 0 Å². The first-order chi connectivity index (χ1) is 8.56. The van der Waals surface area contributed by atoms with Gasteiger partial charge in [-0.2, -0.15) is 0 Å². The van der Waals surface area contributed by atoms with E-state index in [-0.39, 0.29) is 0 Å². The van der Waals surface area contributed by atoms with Crippen LogP contribution in [0, 0.1) is 12.8 Å². The molecule has 1 fully saturated rings. The Hall–Kier alpha value is -1.29. The minimum atomic E-state index is 0.656. The van der Waals surface area contributed by atoms with E-state index in [1.54, 1.807) is 0 Å². The van der Waals surface area contributed by atoms with E-state index in [1.807, 2.05) is 19.2 Å². The highest BCUT2D eigenvalue weighted by molar-refractivity contribution is 5.53. The van der Waals surface area contributed by atoms with Crippen LogP contribution in [-0.4, -0.2) is 35.6 Å². The second-order valence-corrected chi connectivity index (χ2v) is 5.55. The van der Waals surface area contributed by atoms with Crippen molar-refractivity contribution in [2.45, 2.75) is 33.2 Å². The molecule has 1 atom stereocenters. The number of aromatic nitrogens is 1. The first-order valence-electron chi connectivity index (χ1n) is 6.76. The minimum Gasteiger partial charge on any atom is -0.398 e. The van der Waals surface area contributed by atoms with Gasteiger partial charge in [-0.1, -0.05) is 0 Å². The molecule has 1 unspecified atom stereocenters. The van der Waals surface area contributed by atoms with Gasteiger partial charge >= 0.3 is 0 Å². The Morgan fingerprint density at radius 3 is 2.94 bits per heavy atom. The molecule has 18 heavy (non-hydrogen) atoms. The van der Waals surface area contributed by atoms with Crippen molar-refractivity contribution in [3.63, 3.8) is 0 Å². The monoisotopic (exact) mass is 248 g/mol. The van der Waals surface area contributed by atoms with Crippen molar-refractivity contribution in [1.82, 2.24) is 9.88 Å². The van der Waals surface area contributed by atoms with Crippen LogP contribution in [0.4, 0.5) is 11.5 Å². The second kappa shape index (κ2) is 5.57. The molecule has 1 aromatic heterocycles. The summed E-state index contributed by atoms with van der Waals surface area (Å²) in [5.74, 6) is 1.61. The number of likely N-dealkylation sites (tertiary alicyclic amines) is 1. The quantitative estimate of drug-likeness (QED) is 0.857. The zero-order chi connectivity index (χ0) is 13.1. The molecule has 0 saturated carbocycles. The van der Waals surface area contributed by atoms with Gasteiger partial charge in [-0.15, -0.1) is 0 Å². The average Bonchev–Trinajstić information content (AvgIpc) is 2.79. The fraction of sp³-hybridized carbons (Fsp3) is 0.643. The minimum absolute atomic E-state index is 0.656. The fourth-order valence-electron chi connectivity index (χ4n) is 2.38. The summed E-state index contributed by atoms with van der Waals surface area (Å²) in [6.45, 7) is 9.89. The number of anilines is 2. The molecule has 2 rings (SSSR count). The number of nitrogen functional groups attached to an aromatic ring is 1. The highest BCUT2D eigenvalue weighted by Crippen LogP contribution is 2.20. The summed E-state index contributed by atoms with van der Waals surface area (Å²) < 4.78 is 0. The third kappa shape index (κ3) is 3.13. The van der Waals surface area contributed by atoms with Crippen molar-refractivity contribution in [2.75, 3.05) is 30.7 Å². The van der Waals surface area contributed by atoms with Crippen LogP contribution < -0.4 is 11.1 Å². The molecule has 100 valence electrons. The highest BCUT2D eigenvalue weighted by atomic mass is 15.2. The lowest BCUT2D eigenvalue weighted by molar-refractivity contribution is 0.266. The number of rotatable bonds is 4. The molecule has 1 aliphatic heterocycles. The molecule has 3 N–H and O–H groups in total. The zero-order valence-electron chi connectivity index (χ0n) is 11.6. The summed E-state index contributed by atoms with van der Waals surface area (Å²) in [5, 5.41) is 3.40. The van der Waals surface area contributed by atoms with E-state index in [4.69, 9.17) is 5.73 Å². The number of aryl methyl sites for hydroxylation is 1. The smallest absolute Gasteiger partial charge is 0.127 e. The molecular formula is C14H24N4. The molecule has 1 saturated heterocycles. The van der Waals surface area contributed by atoms with Crippen molar-refractivity contribution in [2.24, 2.45) is 5.92 Å². The lowest BCUT2D eigenvalue weighted by Crippen LogP contribution is -2.29. The van der Waals surface area contributed by atoms with E-state index in [9.17, 15) is 0 Å².